The van der Waals surface area contributed by atoms with E-state index >= 15 is 0 Å². The Balaban J connectivity index is 1.85. The zero-order valence-electron chi connectivity index (χ0n) is 15.2. The van der Waals surface area contributed by atoms with Crippen molar-refractivity contribution in [3.63, 3.8) is 0 Å². The first-order valence-electron chi connectivity index (χ1n) is 8.47. The van der Waals surface area contributed by atoms with Gasteiger partial charge in [0.15, 0.2) is 0 Å². The van der Waals surface area contributed by atoms with Gasteiger partial charge in [-0.15, -0.1) is 0 Å². The summed E-state index contributed by atoms with van der Waals surface area (Å²) in [4.78, 5) is 22.7. The number of benzene rings is 1. The predicted molar refractivity (Wildman–Crippen MR) is 98.6 cm³/mol. The van der Waals surface area contributed by atoms with Crippen LogP contribution in [0.5, 0.6) is 5.75 Å². The third-order valence-electron chi connectivity index (χ3n) is 4.14. The highest BCUT2D eigenvalue weighted by Gasteiger charge is 2.24. The second kappa shape index (κ2) is 6.70. The summed E-state index contributed by atoms with van der Waals surface area (Å²) in [6, 6.07) is 7.57. The molecule has 1 aliphatic heterocycles. The Morgan fingerprint density at radius 1 is 1.24 bits per heavy atom. The Morgan fingerprint density at radius 3 is 2.68 bits per heavy atom. The van der Waals surface area contributed by atoms with Crippen LogP contribution in [0.25, 0.3) is 0 Å². The Bertz CT molecular complexity index is 783. The number of hydrogen-bond donors (Lipinski definition) is 1. The molecule has 0 saturated carbocycles. The minimum atomic E-state index is -0.116. The quantitative estimate of drug-likeness (QED) is 0.920. The molecule has 0 unspecified atom stereocenters. The van der Waals surface area contributed by atoms with Crippen LogP contribution >= 0.6 is 0 Å². The van der Waals surface area contributed by atoms with E-state index < -0.39 is 0 Å². The summed E-state index contributed by atoms with van der Waals surface area (Å²) in [5.74, 6) is 2.32. The Morgan fingerprint density at radius 2 is 2.04 bits per heavy atom. The highest BCUT2D eigenvalue weighted by atomic mass is 16.5. The molecule has 1 saturated heterocycles. The molecule has 25 heavy (non-hydrogen) atoms. The molecule has 1 amide bonds. The largest absolute Gasteiger partial charge is 0.494 e. The van der Waals surface area contributed by atoms with Crippen molar-refractivity contribution >= 4 is 23.1 Å². The molecule has 0 spiro atoms. The van der Waals surface area contributed by atoms with Gasteiger partial charge in [-0.05, 0) is 24.6 Å². The lowest BCUT2D eigenvalue weighted by Gasteiger charge is -2.20. The van der Waals surface area contributed by atoms with Gasteiger partial charge >= 0.3 is 0 Å². The lowest BCUT2D eigenvalue weighted by molar-refractivity contribution is -0.117. The second-order valence-electron chi connectivity index (χ2n) is 7.18. The number of nitrogens with one attached hydrogen (secondary N) is 1. The Hall–Kier alpha value is -2.63. The molecule has 0 atom stereocenters. The Kier molecular flexibility index (Phi) is 4.61. The summed E-state index contributed by atoms with van der Waals surface area (Å²) in [5.41, 5.74) is 1.55. The van der Waals surface area contributed by atoms with Gasteiger partial charge in [-0.3, -0.25) is 4.79 Å². The lowest BCUT2D eigenvalue weighted by Crippen LogP contribution is -2.24. The van der Waals surface area contributed by atoms with Crippen LogP contribution in [0.1, 0.15) is 39.4 Å². The Labute approximate surface area is 148 Å². The molecule has 2 heterocycles. The number of nitrogens with zero attached hydrogens (tertiary/aromatic N) is 3. The molecule has 2 aromatic rings. The van der Waals surface area contributed by atoms with Crippen molar-refractivity contribution in [2.75, 3.05) is 23.9 Å². The van der Waals surface area contributed by atoms with Crippen LogP contribution in [0.2, 0.25) is 0 Å². The van der Waals surface area contributed by atoms with Crippen LogP contribution in [-0.4, -0.2) is 29.5 Å². The third kappa shape index (κ3) is 3.73. The van der Waals surface area contributed by atoms with E-state index in [9.17, 15) is 4.79 Å². The van der Waals surface area contributed by atoms with E-state index in [4.69, 9.17) is 4.74 Å². The first-order chi connectivity index (χ1) is 11.9. The van der Waals surface area contributed by atoms with E-state index in [2.05, 4.69) is 36.1 Å². The van der Waals surface area contributed by atoms with E-state index in [1.807, 2.05) is 24.3 Å². The van der Waals surface area contributed by atoms with Gasteiger partial charge in [0.1, 0.15) is 17.4 Å². The van der Waals surface area contributed by atoms with Gasteiger partial charge in [-0.2, -0.15) is 0 Å². The number of aromatic nitrogens is 2. The average Bonchev–Trinajstić information content (AvgIpc) is 3.00. The van der Waals surface area contributed by atoms with E-state index in [-0.39, 0.29) is 11.3 Å². The van der Waals surface area contributed by atoms with Gasteiger partial charge in [-0.25, -0.2) is 9.97 Å². The smallest absolute Gasteiger partial charge is 0.227 e. The van der Waals surface area contributed by atoms with Gasteiger partial charge in [0.2, 0.25) is 5.91 Å². The van der Waals surface area contributed by atoms with Crippen LogP contribution in [0.15, 0.2) is 30.5 Å². The standard InChI is InChI=1S/C19H24N4O2/c1-19(2,3)18-20-10-9-16(22-18)21-13-7-8-14(15(12-13)25-4)23-11-5-6-17(23)24/h7-10,12H,5-6,11H2,1-4H3,(H,20,21,22). The SMILES string of the molecule is COc1cc(Nc2ccnc(C(C)(C)C)n2)ccc1N1CCCC1=O. The maximum Gasteiger partial charge on any atom is 0.227 e. The molecule has 1 aromatic carbocycles. The molecule has 6 nitrogen and oxygen atoms in total. The number of methoxy groups -OCH3 is 1. The van der Waals surface area contributed by atoms with E-state index in [0.717, 1.165) is 36.0 Å². The number of rotatable bonds is 4. The minimum absolute atomic E-state index is 0.116. The van der Waals surface area contributed by atoms with Gasteiger partial charge < -0.3 is 15.0 Å². The molecule has 0 aliphatic carbocycles. The van der Waals surface area contributed by atoms with Crippen molar-refractivity contribution < 1.29 is 9.53 Å². The van der Waals surface area contributed by atoms with Gasteiger partial charge in [0.05, 0.1) is 12.8 Å². The number of anilines is 3. The molecule has 0 bridgehead atoms. The monoisotopic (exact) mass is 340 g/mol. The van der Waals surface area contributed by atoms with Crippen molar-refractivity contribution in [3.05, 3.63) is 36.3 Å². The van der Waals surface area contributed by atoms with Gasteiger partial charge in [-0.1, -0.05) is 20.8 Å². The molecule has 132 valence electrons. The zero-order chi connectivity index (χ0) is 18.0. The fourth-order valence-corrected chi connectivity index (χ4v) is 2.82. The van der Waals surface area contributed by atoms with Crippen molar-refractivity contribution in [2.24, 2.45) is 0 Å². The van der Waals surface area contributed by atoms with Crippen LogP contribution in [0, 0.1) is 0 Å². The number of amides is 1. The van der Waals surface area contributed by atoms with Gasteiger partial charge in [0.25, 0.3) is 0 Å². The van der Waals surface area contributed by atoms with Crippen molar-refractivity contribution in [3.8, 4) is 5.75 Å². The summed E-state index contributed by atoms with van der Waals surface area (Å²) >= 11 is 0. The van der Waals surface area contributed by atoms with E-state index in [1.54, 1.807) is 18.2 Å². The molecule has 0 radical (unpaired) electrons. The maximum atomic E-state index is 12.0. The molecular weight excluding hydrogens is 316 g/mol. The third-order valence-corrected chi connectivity index (χ3v) is 4.14. The molecule has 6 heteroatoms. The first-order valence-corrected chi connectivity index (χ1v) is 8.47. The zero-order valence-corrected chi connectivity index (χ0v) is 15.2. The molecule has 3 rings (SSSR count). The minimum Gasteiger partial charge on any atom is -0.494 e. The van der Waals surface area contributed by atoms with Crippen LogP contribution in [0.3, 0.4) is 0 Å². The maximum absolute atomic E-state index is 12.0. The summed E-state index contributed by atoms with van der Waals surface area (Å²) < 4.78 is 5.50. The van der Waals surface area contributed by atoms with Crippen LogP contribution in [0.4, 0.5) is 17.2 Å². The molecule has 1 fully saturated rings. The summed E-state index contributed by atoms with van der Waals surface area (Å²) in [7, 11) is 1.62. The molecule has 1 aromatic heterocycles. The number of carbonyl (C=O) groups excluding carboxylic acids is 1. The highest BCUT2D eigenvalue weighted by Crippen LogP contribution is 2.34. The van der Waals surface area contributed by atoms with Crippen LogP contribution in [-0.2, 0) is 10.2 Å². The molecule has 1 N–H and O–H groups in total. The van der Waals surface area contributed by atoms with Crippen molar-refractivity contribution in [2.45, 2.75) is 39.0 Å². The van der Waals surface area contributed by atoms with Crippen molar-refractivity contribution in [1.29, 1.82) is 0 Å². The molecule has 1 aliphatic rings. The van der Waals surface area contributed by atoms with Gasteiger partial charge in [0, 0.05) is 36.3 Å². The van der Waals surface area contributed by atoms with E-state index in [1.165, 1.54) is 0 Å². The van der Waals surface area contributed by atoms with E-state index in [0.29, 0.717) is 12.2 Å². The highest BCUT2D eigenvalue weighted by molar-refractivity contribution is 5.97. The second-order valence-corrected chi connectivity index (χ2v) is 7.18. The van der Waals surface area contributed by atoms with Crippen LogP contribution < -0.4 is 15.0 Å². The summed E-state index contributed by atoms with van der Waals surface area (Å²) in [6.45, 7) is 6.98. The summed E-state index contributed by atoms with van der Waals surface area (Å²) in [6.07, 6.45) is 3.24. The topological polar surface area (TPSA) is 67.3 Å². The predicted octanol–water partition coefficient (Wildman–Crippen LogP) is 3.65. The lowest BCUT2D eigenvalue weighted by atomic mass is 9.96. The number of ether oxygens (including phenoxy) is 1. The molecular formula is C19H24N4O2. The van der Waals surface area contributed by atoms with Crippen molar-refractivity contribution in [1.82, 2.24) is 9.97 Å². The fourth-order valence-electron chi connectivity index (χ4n) is 2.82. The summed E-state index contributed by atoms with van der Waals surface area (Å²) in [5, 5.41) is 3.29. The normalized spacial score (nSPS) is 14.7. The number of hydrogen-bond acceptors (Lipinski definition) is 5. The fraction of sp³-hybridized carbons (Fsp3) is 0.421. The number of carbonyl (C=O) groups is 1. The first kappa shape index (κ1) is 17.2. The average molecular weight is 340 g/mol.